The van der Waals surface area contributed by atoms with Gasteiger partial charge >= 0.3 is 0 Å². The number of β-amino-alcohol motifs (C(OH)–C–C–N with tert-alkyl or cyclic N) is 2. The molecule has 1 fully saturated rings. The van der Waals surface area contributed by atoms with Crippen molar-refractivity contribution in [2.45, 2.75) is 12.2 Å². The molecule has 0 saturated carbocycles. The van der Waals surface area contributed by atoms with Crippen LogP contribution in [0.2, 0.25) is 0 Å². The third-order valence-electron chi connectivity index (χ3n) is 3.28. The highest BCUT2D eigenvalue weighted by atomic mass is 16.3. The Morgan fingerprint density at radius 3 is 2.45 bits per heavy atom. The van der Waals surface area contributed by atoms with Crippen LogP contribution >= 0.6 is 0 Å². The summed E-state index contributed by atoms with van der Waals surface area (Å²) in [5.74, 6) is -0.345. The molecule has 7 heteroatoms. The van der Waals surface area contributed by atoms with Crippen molar-refractivity contribution < 1.29 is 15.0 Å². The minimum atomic E-state index is -0.900. The number of rotatable bonds is 2. The molecule has 1 aliphatic rings. The topological polar surface area (TPSA) is 91.5 Å². The van der Waals surface area contributed by atoms with Crippen molar-refractivity contribution in [1.29, 1.82) is 0 Å². The minimum Gasteiger partial charge on any atom is -0.388 e. The molecule has 1 aromatic carbocycles. The van der Waals surface area contributed by atoms with Crippen molar-refractivity contribution in [2.75, 3.05) is 13.1 Å². The van der Waals surface area contributed by atoms with Gasteiger partial charge in [0.2, 0.25) is 0 Å². The first kappa shape index (κ1) is 12.8. The Labute approximate surface area is 115 Å². The molecule has 2 heterocycles. The fourth-order valence-corrected chi connectivity index (χ4v) is 2.17. The Balaban J connectivity index is 1.79. The molecular formula is C13H14N4O3. The normalized spacial score (nSPS) is 22.2. The van der Waals surface area contributed by atoms with Gasteiger partial charge in [0.1, 0.15) is 0 Å². The van der Waals surface area contributed by atoms with Gasteiger partial charge in [-0.3, -0.25) is 4.79 Å². The van der Waals surface area contributed by atoms with Gasteiger partial charge in [0.25, 0.3) is 5.91 Å². The molecule has 3 rings (SSSR count). The van der Waals surface area contributed by atoms with Gasteiger partial charge in [-0.2, -0.15) is 0 Å². The fraction of sp³-hybridized carbons (Fsp3) is 0.308. The van der Waals surface area contributed by atoms with E-state index in [1.54, 1.807) is 0 Å². The monoisotopic (exact) mass is 274 g/mol. The average molecular weight is 274 g/mol. The van der Waals surface area contributed by atoms with Crippen LogP contribution in [-0.4, -0.2) is 61.3 Å². The van der Waals surface area contributed by atoms with Crippen LogP contribution in [0.25, 0.3) is 5.69 Å². The fourth-order valence-electron chi connectivity index (χ4n) is 2.17. The summed E-state index contributed by atoms with van der Waals surface area (Å²) in [6.07, 6.45) is -0.263. The molecule has 0 aliphatic carbocycles. The van der Waals surface area contributed by atoms with Crippen LogP contribution in [0, 0.1) is 0 Å². The van der Waals surface area contributed by atoms with Gasteiger partial charge in [0, 0.05) is 13.1 Å². The summed E-state index contributed by atoms with van der Waals surface area (Å²) in [7, 11) is 0. The van der Waals surface area contributed by atoms with Crippen molar-refractivity contribution in [3.63, 3.8) is 0 Å². The van der Waals surface area contributed by atoms with E-state index in [-0.39, 0.29) is 24.7 Å². The lowest BCUT2D eigenvalue weighted by molar-refractivity contribution is 0.0572. The second-order valence-corrected chi connectivity index (χ2v) is 4.73. The van der Waals surface area contributed by atoms with Gasteiger partial charge in [-0.15, -0.1) is 5.10 Å². The molecule has 7 nitrogen and oxygen atoms in total. The average Bonchev–Trinajstić information content (AvgIpc) is 3.07. The molecule has 1 aromatic heterocycles. The molecule has 0 spiro atoms. The van der Waals surface area contributed by atoms with E-state index in [4.69, 9.17) is 0 Å². The van der Waals surface area contributed by atoms with Gasteiger partial charge in [0.15, 0.2) is 5.69 Å². The van der Waals surface area contributed by atoms with Gasteiger partial charge in [-0.05, 0) is 12.1 Å². The van der Waals surface area contributed by atoms with E-state index >= 15 is 0 Å². The van der Waals surface area contributed by atoms with Gasteiger partial charge in [-0.25, -0.2) is 4.68 Å². The zero-order valence-electron chi connectivity index (χ0n) is 10.6. The van der Waals surface area contributed by atoms with Crippen LogP contribution in [0.5, 0.6) is 0 Å². The maximum Gasteiger partial charge on any atom is 0.276 e. The standard InChI is InChI=1S/C13H14N4O3/c18-11-7-16(8-12(11)19)13(20)10-6-17(15-14-10)9-4-2-1-3-5-9/h1-6,11-12,18-19H,7-8H2/t11-,12+. The predicted molar refractivity (Wildman–Crippen MR) is 69.3 cm³/mol. The van der Waals surface area contributed by atoms with Crippen LogP contribution in [0.15, 0.2) is 36.5 Å². The lowest BCUT2D eigenvalue weighted by Gasteiger charge is -2.12. The first-order valence-electron chi connectivity index (χ1n) is 6.28. The molecule has 0 bridgehead atoms. The number of carbonyl (C=O) groups excluding carboxylic acids is 1. The van der Waals surface area contributed by atoms with Crippen LogP contribution in [0.4, 0.5) is 0 Å². The summed E-state index contributed by atoms with van der Waals surface area (Å²) in [6.45, 7) is 0.219. The molecule has 0 unspecified atom stereocenters. The highest BCUT2D eigenvalue weighted by Gasteiger charge is 2.33. The predicted octanol–water partition coefficient (Wildman–Crippen LogP) is -0.555. The van der Waals surface area contributed by atoms with E-state index in [1.807, 2.05) is 30.3 Å². The van der Waals surface area contributed by atoms with E-state index in [0.717, 1.165) is 5.69 Å². The molecular weight excluding hydrogens is 260 g/mol. The molecule has 0 radical (unpaired) electrons. The Morgan fingerprint density at radius 1 is 1.15 bits per heavy atom. The number of carbonyl (C=O) groups is 1. The van der Waals surface area contributed by atoms with Crippen LogP contribution < -0.4 is 0 Å². The summed E-state index contributed by atoms with van der Waals surface area (Å²) in [6, 6.07) is 9.33. The van der Waals surface area contributed by atoms with Gasteiger partial charge in [-0.1, -0.05) is 23.4 Å². The lowest BCUT2D eigenvalue weighted by atomic mass is 10.3. The zero-order chi connectivity index (χ0) is 14.1. The second kappa shape index (κ2) is 5.03. The number of aliphatic hydroxyl groups excluding tert-OH is 2. The van der Waals surface area contributed by atoms with Crippen LogP contribution in [0.3, 0.4) is 0 Å². The number of benzene rings is 1. The number of hydrogen-bond donors (Lipinski definition) is 2. The van der Waals surface area contributed by atoms with Crippen molar-refractivity contribution in [3.8, 4) is 5.69 Å². The number of para-hydroxylation sites is 1. The van der Waals surface area contributed by atoms with Crippen LogP contribution in [-0.2, 0) is 0 Å². The molecule has 1 aliphatic heterocycles. The van der Waals surface area contributed by atoms with Crippen molar-refractivity contribution >= 4 is 5.91 Å². The highest BCUT2D eigenvalue weighted by molar-refractivity contribution is 5.92. The molecule has 2 atom stereocenters. The maximum absolute atomic E-state index is 12.2. The minimum absolute atomic E-state index is 0.109. The summed E-state index contributed by atoms with van der Waals surface area (Å²) < 4.78 is 1.51. The second-order valence-electron chi connectivity index (χ2n) is 4.73. The lowest BCUT2D eigenvalue weighted by Crippen LogP contribution is -2.30. The van der Waals surface area contributed by atoms with E-state index in [9.17, 15) is 15.0 Å². The van der Waals surface area contributed by atoms with Crippen molar-refractivity contribution in [3.05, 3.63) is 42.2 Å². The van der Waals surface area contributed by atoms with E-state index < -0.39 is 12.2 Å². The molecule has 1 saturated heterocycles. The third-order valence-corrected chi connectivity index (χ3v) is 3.28. The van der Waals surface area contributed by atoms with Crippen LogP contribution in [0.1, 0.15) is 10.5 Å². The third kappa shape index (κ3) is 2.28. The van der Waals surface area contributed by atoms with E-state index in [1.165, 1.54) is 15.8 Å². The van der Waals surface area contributed by atoms with Crippen molar-refractivity contribution in [2.24, 2.45) is 0 Å². The van der Waals surface area contributed by atoms with Crippen molar-refractivity contribution in [1.82, 2.24) is 19.9 Å². The Bertz CT molecular complexity index is 603. The van der Waals surface area contributed by atoms with E-state index in [0.29, 0.717) is 0 Å². The van der Waals surface area contributed by atoms with Gasteiger partial charge < -0.3 is 15.1 Å². The molecule has 1 amide bonds. The Hall–Kier alpha value is -2.25. The first-order chi connectivity index (χ1) is 9.65. The molecule has 20 heavy (non-hydrogen) atoms. The summed E-state index contributed by atoms with van der Waals surface area (Å²) in [4.78, 5) is 13.5. The quantitative estimate of drug-likeness (QED) is 0.766. The first-order valence-corrected chi connectivity index (χ1v) is 6.28. The maximum atomic E-state index is 12.2. The summed E-state index contributed by atoms with van der Waals surface area (Å²) in [5.41, 5.74) is 0.996. The Morgan fingerprint density at radius 2 is 1.80 bits per heavy atom. The largest absolute Gasteiger partial charge is 0.388 e. The number of aromatic nitrogens is 3. The number of hydrogen-bond acceptors (Lipinski definition) is 5. The zero-order valence-corrected chi connectivity index (χ0v) is 10.6. The van der Waals surface area contributed by atoms with E-state index in [2.05, 4.69) is 10.3 Å². The molecule has 2 N–H and O–H groups in total. The molecule has 104 valence electrons. The Kier molecular flexibility index (Phi) is 3.21. The number of amides is 1. The van der Waals surface area contributed by atoms with Gasteiger partial charge in [0.05, 0.1) is 24.1 Å². The SMILES string of the molecule is O=C(c1cn(-c2ccccc2)nn1)N1C[C@@H](O)[C@@H](O)C1. The number of likely N-dealkylation sites (tertiary alicyclic amines) is 1. The smallest absolute Gasteiger partial charge is 0.276 e. The summed E-state index contributed by atoms with van der Waals surface area (Å²) >= 11 is 0. The number of nitrogens with zero attached hydrogens (tertiary/aromatic N) is 4. The summed E-state index contributed by atoms with van der Waals surface area (Å²) in [5, 5.41) is 26.7. The number of aliphatic hydroxyl groups is 2. The molecule has 2 aromatic rings. The highest BCUT2D eigenvalue weighted by Crippen LogP contribution is 2.14.